The number of halogens is 1. The smallest absolute Gasteiger partial charge is 0.245 e. The fraction of sp³-hybridized carbons (Fsp3) is 0.263. The van der Waals surface area contributed by atoms with Gasteiger partial charge in [0, 0.05) is 34.0 Å². The van der Waals surface area contributed by atoms with Crippen LogP contribution in [0.15, 0.2) is 47.4 Å². The van der Waals surface area contributed by atoms with E-state index >= 15 is 0 Å². The van der Waals surface area contributed by atoms with Crippen LogP contribution in [0.1, 0.15) is 35.7 Å². The van der Waals surface area contributed by atoms with Gasteiger partial charge in [-0.05, 0) is 48.0 Å². The van der Waals surface area contributed by atoms with Crippen LogP contribution in [0, 0.1) is 0 Å². The van der Waals surface area contributed by atoms with Gasteiger partial charge in [-0.15, -0.1) is 11.8 Å². The molecule has 0 saturated heterocycles. The van der Waals surface area contributed by atoms with Crippen LogP contribution in [0.3, 0.4) is 0 Å². The van der Waals surface area contributed by atoms with Crippen LogP contribution in [-0.2, 0) is 14.8 Å². The number of nitrogens with one attached hydrogen (secondary N) is 1. The molecule has 3 rings (SSSR count). The Bertz CT molecular complexity index is 1020. The lowest BCUT2D eigenvalue weighted by molar-refractivity contribution is -0.109. The average molecular weight is 456 g/mol. The summed E-state index contributed by atoms with van der Waals surface area (Å²) in [6.07, 6.45) is 0. The third-order valence-corrected chi connectivity index (χ3v) is 9.20. The Morgan fingerprint density at radius 3 is 2.50 bits per heavy atom. The van der Waals surface area contributed by atoms with Crippen molar-refractivity contribution in [2.24, 2.45) is 0 Å². The summed E-state index contributed by atoms with van der Waals surface area (Å²) in [6, 6.07) is 11.6. The van der Waals surface area contributed by atoms with Gasteiger partial charge < -0.3 is 0 Å². The van der Waals surface area contributed by atoms with Gasteiger partial charge in [0.2, 0.25) is 10.0 Å². The molecule has 0 spiro atoms. The van der Waals surface area contributed by atoms with Crippen LogP contribution in [0.5, 0.6) is 0 Å². The van der Waals surface area contributed by atoms with E-state index < -0.39 is 14.6 Å². The second-order valence-corrected chi connectivity index (χ2v) is 11.3. The van der Waals surface area contributed by atoms with Crippen LogP contribution in [0.25, 0.3) is 0 Å². The molecular formula is C19H18ClNO4S3. The van der Waals surface area contributed by atoms with Crippen molar-refractivity contribution in [3.63, 3.8) is 0 Å². The maximum atomic E-state index is 12.9. The molecule has 148 valence electrons. The van der Waals surface area contributed by atoms with Crippen molar-refractivity contribution in [1.29, 1.82) is 0 Å². The Morgan fingerprint density at radius 1 is 1.18 bits per heavy atom. The molecule has 2 aromatic carbocycles. The molecule has 0 saturated carbocycles. The van der Waals surface area contributed by atoms with Crippen LogP contribution in [-0.4, -0.2) is 29.7 Å². The van der Waals surface area contributed by atoms with Crippen molar-refractivity contribution in [2.75, 3.05) is 10.5 Å². The van der Waals surface area contributed by atoms with E-state index in [4.69, 9.17) is 11.6 Å². The highest BCUT2D eigenvalue weighted by Gasteiger charge is 2.39. The first-order valence-electron chi connectivity index (χ1n) is 8.42. The zero-order chi connectivity index (χ0) is 20.5. The number of rotatable bonds is 6. The first-order valence-corrected chi connectivity index (χ1v) is 12.2. The standard InChI is InChI=1S/C19H18ClNO4S3/c1-11-16-9-14(20)5-8-18(16)27-19(11)28(24,25)21-15-6-3-13(4-7-15)17(23)10-26-12(2)22/h3-9,11,19,21H,10H2,1-2H3. The highest BCUT2D eigenvalue weighted by molar-refractivity contribution is 8.14. The van der Waals surface area contributed by atoms with Crippen LogP contribution < -0.4 is 4.72 Å². The van der Waals surface area contributed by atoms with E-state index in [2.05, 4.69) is 4.72 Å². The van der Waals surface area contributed by atoms with Gasteiger partial charge in [-0.25, -0.2) is 8.42 Å². The molecular weight excluding hydrogens is 438 g/mol. The Hall–Kier alpha value is -1.48. The van der Waals surface area contributed by atoms with Crippen molar-refractivity contribution < 1.29 is 18.0 Å². The summed E-state index contributed by atoms with van der Waals surface area (Å²) in [5.41, 5.74) is 1.75. The van der Waals surface area contributed by atoms with Crippen molar-refractivity contribution >= 4 is 61.7 Å². The molecule has 0 bridgehead atoms. The summed E-state index contributed by atoms with van der Waals surface area (Å²) in [5.74, 6) is -0.320. The van der Waals surface area contributed by atoms with Gasteiger partial charge in [0.05, 0.1) is 5.75 Å². The summed E-state index contributed by atoms with van der Waals surface area (Å²) in [4.78, 5) is 23.9. The monoisotopic (exact) mass is 455 g/mol. The highest BCUT2D eigenvalue weighted by atomic mass is 35.5. The molecule has 0 radical (unpaired) electrons. The number of ketones is 1. The number of sulfonamides is 1. The predicted molar refractivity (Wildman–Crippen MR) is 116 cm³/mol. The number of hydrogen-bond donors (Lipinski definition) is 1. The quantitative estimate of drug-likeness (QED) is 0.631. The van der Waals surface area contributed by atoms with Gasteiger partial charge in [-0.1, -0.05) is 30.3 Å². The molecule has 2 aromatic rings. The largest absolute Gasteiger partial charge is 0.293 e. The second-order valence-electron chi connectivity index (χ2n) is 6.38. The normalized spacial score (nSPS) is 18.5. The van der Waals surface area contributed by atoms with Crippen LogP contribution in [0.2, 0.25) is 5.02 Å². The number of anilines is 1. The van der Waals surface area contributed by atoms with Crippen molar-refractivity contribution in [1.82, 2.24) is 0 Å². The second kappa shape index (κ2) is 8.49. The zero-order valence-electron chi connectivity index (χ0n) is 15.1. The molecule has 28 heavy (non-hydrogen) atoms. The molecule has 0 fully saturated rings. The lowest BCUT2D eigenvalue weighted by Crippen LogP contribution is -2.27. The van der Waals surface area contributed by atoms with Crippen molar-refractivity contribution in [3.8, 4) is 0 Å². The Labute approximate surface area is 177 Å². The van der Waals surface area contributed by atoms with E-state index in [1.54, 1.807) is 30.3 Å². The number of carbonyl (C=O) groups is 2. The maximum absolute atomic E-state index is 12.9. The van der Waals surface area contributed by atoms with Gasteiger partial charge in [-0.2, -0.15) is 0 Å². The van der Waals surface area contributed by atoms with E-state index in [1.807, 2.05) is 19.1 Å². The third kappa shape index (κ3) is 4.74. The lowest BCUT2D eigenvalue weighted by Gasteiger charge is -2.17. The Balaban J connectivity index is 1.71. The number of fused-ring (bicyclic) bond motifs is 1. The first kappa shape index (κ1) is 21.2. The minimum Gasteiger partial charge on any atom is -0.293 e. The molecule has 9 heteroatoms. The highest BCUT2D eigenvalue weighted by Crippen LogP contribution is 2.48. The van der Waals surface area contributed by atoms with Crippen molar-refractivity contribution in [3.05, 3.63) is 58.6 Å². The number of benzene rings is 2. The zero-order valence-corrected chi connectivity index (χ0v) is 18.3. The SMILES string of the molecule is CC(=O)SCC(=O)c1ccc(NS(=O)(=O)C2Sc3ccc(Cl)cc3C2C)cc1. The molecule has 0 aliphatic carbocycles. The van der Waals surface area contributed by atoms with E-state index in [-0.39, 0.29) is 22.6 Å². The minimum absolute atomic E-state index is 0.0669. The van der Waals surface area contributed by atoms with Gasteiger partial charge in [0.25, 0.3) is 0 Å². The van der Waals surface area contributed by atoms with Gasteiger partial charge in [0.1, 0.15) is 4.58 Å². The molecule has 1 aliphatic rings. The molecule has 2 unspecified atom stereocenters. The summed E-state index contributed by atoms with van der Waals surface area (Å²) in [5, 5.41) is 0.462. The van der Waals surface area contributed by atoms with Crippen LogP contribution >= 0.6 is 35.1 Å². The maximum Gasteiger partial charge on any atom is 0.245 e. The van der Waals surface area contributed by atoms with E-state index in [1.165, 1.54) is 18.7 Å². The fourth-order valence-electron chi connectivity index (χ4n) is 2.89. The molecule has 0 amide bonds. The summed E-state index contributed by atoms with van der Waals surface area (Å²) in [7, 11) is -3.66. The molecule has 0 aromatic heterocycles. The van der Waals surface area contributed by atoms with Crippen LogP contribution in [0.4, 0.5) is 5.69 Å². The molecule has 2 atom stereocenters. The number of thioether (sulfide) groups is 2. The predicted octanol–water partition coefficient (Wildman–Crippen LogP) is 4.78. The number of Topliss-reactive ketones (excluding diaryl/α,β-unsaturated/α-hetero) is 1. The number of hydrogen-bond acceptors (Lipinski definition) is 6. The first-order chi connectivity index (χ1) is 13.2. The third-order valence-electron chi connectivity index (χ3n) is 4.29. The van der Waals surface area contributed by atoms with Gasteiger partial charge >= 0.3 is 0 Å². The number of carbonyl (C=O) groups excluding carboxylic acids is 2. The molecule has 5 nitrogen and oxygen atoms in total. The average Bonchev–Trinajstić information content (AvgIpc) is 2.97. The van der Waals surface area contributed by atoms with Crippen molar-refractivity contribution in [2.45, 2.75) is 29.2 Å². The Kier molecular flexibility index (Phi) is 6.44. The van der Waals surface area contributed by atoms with Gasteiger partial charge in [0.15, 0.2) is 10.9 Å². The summed E-state index contributed by atoms with van der Waals surface area (Å²) < 4.78 is 27.7. The Morgan fingerprint density at radius 2 is 1.86 bits per heavy atom. The van der Waals surface area contributed by atoms with Gasteiger partial charge in [-0.3, -0.25) is 14.3 Å². The summed E-state index contributed by atoms with van der Waals surface area (Å²) >= 11 is 8.29. The van der Waals surface area contributed by atoms with E-state index in [9.17, 15) is 18.0 Å². The minimum atomic E-state index is -3.66. The van der Waals surface area contributed by atoms with E-state index in [0.717, 1.165) is 22.2 Å². The summed E-state index contributed by atoms with van der Waals surface area (Å²) in [6.45, 7) is 3.28. The molecule has 1 heterocycles. The van der Waals surface area contributed by atoms with E-state index in [0.29, 0.717) is 16.3 Å². The fourth-order valence-corrected chi connectivity index (χ4v) is 6.92. The molecule has 1 aliphatic heterocycles. The lowest BCUT2D eigenvalue weighted by atomic mass is 10.0. The molecule has 1 N–H and O–H groups in total. The topological polar surface area (TPSA) is 80.3 Å².